The first-order valence-electron chi connectivity index (χ1n) is 7.65. The molecular formula is C16H25ClN4. The Balaban J connectivity index is 2.28. The Morgan fingerprint density at radius 1 is 1.43 bits per heavy atom. The van der Waals surface area contributed by atoms with Crippen LogP contribution in [0.3, 0.4) is 0 Å². The lowest BCUT2D eigenvalue weighted by Gasteiger charge is -2.24. The average molecular weight is 309 g/mol. The highest BCUT2D eigenvalue weighted by Gasteiger charge is 2.14. The topological polar surface area (TPSA) is 34.0 Å². The SMILES string of the molecule is CCC(C)N(C)CCn1c(CCCl)nc2c(C)ccnc21. The fourth-order valence-electron chi connectivity index (χ4n) is 2.48. The second-order valence-electron chi connectivity index (χ2n) is 5.66. The van der Waals surface area contributed by atoms with Crippen LogP contribution in [0.4, 0.5) is 0 Å². The molecule has 0 saturated heterocycles. The maximum absolute atomic E-state index is 5.93. The lowest BCUT2D eigenvalue weighted by molar-refractivity contribution is 0.242. The minimum atomic E-state index is 0.587. The fourth-order valence-corrected chi connectivity index (χ4v) is 2.65. The van der Waals surface area contributed by atoms with Gasteiger partial charge in [0, 0.05) is 37.6 Å². The monoisotopic (exact) mass is 308 g/mol. The van der Waals surface area contributed by atoms with Crippen molar-refractivity contribution < 1.29 is 0 Å². The number of aromatic nitrogens is 3. The van der Waals surface area contributed by atoms with Crippen LogP contribution in [0.2, 0.25) is 0 Å². The molecule has 4 nitrogen and oxygen atoms in total. The summed E-state index contributed by atoms with van der Waals surface area (Å²) in [7, 11) is 2.17. The molecule has 0 N–H and O–H groups in total. The Hall–Kier alpha value is -1.13. The highest BCUT2D eigenvalue weighted by Crippen LogP contribution is 2.18. The van der Waals surface area contributed by atoms with Crippen LogP contribution >= 0.6 is 11.6 Å². The van der Waals surface area contributed by atoms with Gasteiger partial charge in [0.05, 0.1) is 0 Å². The minimum Gasteiger partial charge on any atom is -0.311 e. The van der Waals surface area contributed by atoms with Gasteiger partial charge in [0.2, 0.25) is 0 Å². The van der Waals surface area contributed by atoms with Crippen molar-refractivity contribution in [1.82, 2.24) is 19.4 Å². The van der Waals surface area contributed by atoms with Gasteiger partial charge < -0.3 is 9.47 Å². The second kappa shape index (κ2) is 7.23. The van der Waals surface area contributed by atoms with Crippen molar-refractivity contribution in [3.8, 4) is 0 Å². The average Bonchev–Trinajstić information content (AvgIpc) is 2.83. The predicted molar refractivity (Wildman–Crippen MR) is 89.1 cm³/mol. The lowest BCUT2D eigenvalue weighted by atomic mass is 10.2. The number of hydrogen-bond acceptors (Lipinski definition) is 3. The summed E-state index contributed by atoms with van der Waals surface area (Å²) in [6, 6.07) is 2.60. The molecule has 5 heteroatoms. The number of pyridine rings is 1. The van der Waals surface area contributed by atoms with Gasteiger partial charge in [-0.05, 0) is 38.9 Å². The van der Waals surface area contributed by atoms with E-state index in [9.17, 15) is 0 Å². The van der Waals surface area contributed by atoms with Crippen molar-refractivity contribution >= 4 is 22.8 Å². The molecule has 2 aromatic rings. The van der Waals surface area contributed by atoms with Crippen molar-refractivity contribution in [2.24, 2.45) is 0 Å². The molecule has 0 fully saturated rings. The van der Waals surface area contributed by atoms with Gasteiger partial charge in [0.25, 0.3) is 0 Å². The highest BCUT2D eigenvalue weighted by atomic mass is 35.5. The Bertz CT molecular complexity index is 593. The van der Waals surface area contributed by atoms with Gasteiger partial charge in [-0.15, -0.1) is 11.6 Å². The second-order valence-corrected chi connectivity index (χ2v) is 6.03. The zero-order valence-corrected chi connectivity index (χ0v) is 14.2. The van der Waals surface area contributed by atoms with E-state index in [0.29, 0.717) is 11.9 Å². The molecule has 0 bridgehead atoms. The van der Waals surface area contributed by atoms with Crippen LogP contribution in [0.5, 0.6) is 0 Å². The summed E-state index contributed by atoms with van der Waals surface area (Å²) in [5.74, 6) is 1.63. The van der Waals surface area contributed by atoms with Crippen LogP contribution in [0.25, 0.3) is 11.2 Å². The minimum absolute atomic E-state index is 0.587. The zero-order valence-electron chi connectivity index (χ0n) is 13.4. The normalized spacial score (nSPS) is 13.2. The fraction of sp³-hybridized carbons (Fsp3) is 0.625. The molecule has 2 rings (SSSR count). The first-order valence-corrected chi connectivity index (χ1v) is 8.18. The molecule has 0 saturated carbocycles. The van der Waals surface area contributed by atoms with E-state index in [0.717, 1.165) is 42.9 Å². The molecule has 21 heavy (non-hydrogen) atoms. The maximum Gasteiger partial charge on any atom is 0.160 e. The quantitative estimate of drug-likeness (QED) is 0.736. The third kappa shape index (κ3) is 3.55. The van der Waals surface area contributed by atoms with Crippen LogP contribution in [-0.4, -0.2) is 44.9 Å². The van der Waals surface area contributed by atoms with Gasteiger partial charge in [0.1, 0.15) is 11.3 Å². The van der Waals surface area contributed by atoms with Crippen LogP contribution in [0, 0.1) is 6.92 Å². The van der Waals surface area contributed by atoms with E-state index in [-0.39, 0.29) is 0 Å². The third-order valence-electron chi connectivity index (χ3n) is 4.25. The number of imidazole rings is 1. The molecule has 2 aromatic heterocycles. The van der Waals surface area contributed by atoms with E-state index in [1.165, 1.54) is 5.56 Å². The number of likely N-dealkylation sites (N-methyl/N-ethyl adjacent to an activating group) is 1. The smallest absolute Gasteiger partial charge is 0.160 e. The van der Waals surface area contributed by atoms with E-state index in [1.807, 2.05) is 12.3 Å². The number of aryl methyl sites for hydroxylation is 2. The number of halogens is 1. The molecule has 0 amide bonds. The van der Waals surface area contributed by atoms with Crippen molar-refractivity contribution in [3.05, 3.63) is 23.7 Å². The van der Waals surface area contributed by atoms with Crippen LogP contribution < -0.4 is 0 Å². The molecule has 1 unspecified atom stereocenters. The Morgan fingerprint density at radius 3 is 2.86 bits per heavy atom. The summed E-state index contributed by atoms with van der Waals surface area (Å²) in [6.45, 7) is 8.45. The van der Waals surface area contributed by atoms with E-state index < -0.39 is 0 Å². The summed E-state index contributed by atoms with van der Waals surface area (Å²) < 4.78 is 2.23. The summed E-state index contributed by atoms with van der Waals surface area (Å²) in [4.78, 5) is 11.7. The van der Waals surface area contributed by atoms with Crippen molar-refractivity contribution in [2.45, 2.75) is 46.2 Å². The number of alkyl halides is 1. The largest absolute Gasteiger partial charge is 0.311 e. The van der Waals surface area contributed by atoms with Crippen molar-refractivity contribution in [2.75, 3.05) is 19.5 Å². The Labute approximate surface area is 132 Å². The molecule has 0 aliphatic carbocycles. The maximum atomic E-state index is 5.93. The van der Waals surface area contributed by atoms with Gasteiger partial charge in [-0.25, -0.2) is 9.97 Å². The number of rotatable bonds is 7. The van der Waals surface area contributed by atoms with Gasteiger partial charge in [0.15, 0.2) is 5.65 Å². The number of hydrogen-bond donors (Lipinski definition) is 0. The first kappa shape index (κ1) is 16.2. The predicted octanol–water partition coefficient (Wildman–Crippen LogP) is 3.25. The van der Waals surface area contributed by atoms with Gasteiger partial charge in [-0.1, -0.05) is 6.92 Å². The van der Waals surface area contributed by atoms with E-state index in [4.69, 9.17) is 16.6 Å². The number of fused-ring (bicyclic) bond motifs is 1. The van der Waals surface area contributed by atoms with Gasteiger partial charge in [-0.2, -0.15) is 0 Å². The summed E-state index contributed by atoms with van der Waals surface area (Å²) >= 11 is 5.93. The van der Waals surface area contributed by atoms with E-state index >= 15 is 0 Å². The number of nitrogens with zero attached hydrogens (tertiary/aromatic N) is 4. The molecule has 116 valence electrons. The van der Waals surface area contributed by atoms with Gasteiger partial charge >= 0.3 is 0 Å². The molecule has 1 atom stereocenters. The van der Waals surface area contributed by atoms with Crippen molar-refractivity contribution in [1.29, 1.82) is 0 Å². The summed E-state index contributed by atoms with van der Waals surface area (Å²) in [5.41, 5.74) is 3.15. The van der Waals surface area contributed by atoms with Crippen LogP contribution in [-0.2, 0) is 13.0 Å². The summed E-state index contributed by atoms with van der Waals surface area (Å²) in [6.07, 6.45) is 3.80. The summed E-state index contributed by atoms with van der Waals surface area (Å²) in [5, 5.41) is 0. The highest BCUT2D eigenvalue weighted by molar-refractivity contribution is 6.17. The van der Waals surface area contributed by atoms with Crippen molar-refractivity contribution in [3.63, 3.8) is 0 Å². The van der Waals surface area contributed by atoms with Crippen LogP contribution in [0.15, 0.2) is 12.3 Å². The molecule has 0 aliphatic heterocycles. The van der Waals surface area contributed by atoms with Gasteiger partial charge in [-0.3, -0.25) is 0 Å². The molecule has 0 radical (unpaired) electrons. The van der Waals surface area contributed by atoms with E-state index in [2.05, 4.69) is 42.3 Å². The first-order chi connectivity index (χ1) is 10.1. The zero-order chi connectivity index (χ0) is 15.4. The standard InChI is InChI=1S/C16H25ClN4/c1-5-13(3)20(4)10-11-21-14(6-8-17)19-15-12(2)7-9-18-16(15)21/h7,9,13H,5-6,8,10-11H2,1-4H3. The lowest BCUT2D eigenvalue weighted by Crippen LogP contribution is -2.31. The van der Waals surface area contributed by atoms with E-state index in [1.54, 1.807) is 0 Å². The molecule has 0 spiro atoms. The molecular weight excluding hydrogens is 284 g/mol. The molecule has 0 aliphatic rings. The molecule has 2 heterocycles. The third-order valence-corrected chi connectivity index (χ3v) is 4.44. The molecule has 0 aromatic carbocycles. The Kier molecular flexibility index (Phi) is 5.59. The Morgan fingerprint density at radius 2 is 2.19 bits per heavy atom. The van der Waals surface area contributed by atoms with Crippen LogP contribution in [0.1, 0.15) is 31.7 Å².